The molecular weight excluding hydrogens is 496 g/mol. The van der Waals surface area contributed by atoms with Crippen molar-refractivity contribution in [1.82, 2.24) is 25.1 Å². The van der Waals surface area contributed by atoms with Crippen molar-refractivity contribution < 1.29 is 4.79 Å². The zero-order valence-corrected chi connectivity index (χ0v) is 18.8. The number of aryl methyl sites for hydroxylation is 1. The molecule has 4 aromatic rings. The SMILES string of the molecule is Cc1nnc2sc(-c3ccccc3NC(=S)NC(=O)c3cc(Br)ccc3Cl)nn12. The molecule has 1 amide bonds. The maximum Gasteiger partial charge on any atom is 0.258 e. The van der Waals surface area contributed by atoms with Gasteiger partial charge in [-0.15, -0.1) is 10.2 Å². The van der Waals surface area contributed by atoms with E-state index < -0.39 is 5.91 Å². The minimum atomic E-state index is -0.402. The summed E-state index contributed by atoms with van der Waals surface area (Å²) in [5, 5.41) is 19.6. The van der Waals surface area contributed by atoms with Crippen molar-refractivity contribution in [2.75, 3.05) is 5.32 Å². The Bertz CT molecular complexity index is 1250. The second-order valence-electron chi connectivity index (χ2n) is 5.93. The lowest BCUT2D eigenvalue weighted by atomic mass is 10.2. The van der Waals surface area contributed by atoms with E-state index in [-0.39, 0.29) is 5.11 Å². The fraction of sp³-hybridized carbons (Fsp3) is 0.0556. The molecule has 7 nitrogen and oxygen atoms in total. The normalized spacial score (nSPS) is 10.9. The first kappa shape index (κ1) is 19.9. The van der Waals surface area contributed by atoms with E-state index in [4.69, 9.17) is 23.8 Å². The Labute approximate surface area is 188 Å². The van der Waals surface area contributed by atoms with Crippen LogP contribution in [-0.2, 0) is 0 Å². The molecule has 11 heteroatoms. The van der Waals surface area contributed by atoms with E-state index in [1.54, 1.807) is 22.7 Å². The van der Waals surface area contributed by atoms with Gasteiger partial charge in [0.15, 0.2) is 10.9 Å². The van der Waals surface area contributed by atoms with Crippen LogP contribution in [0, 0.1) is 6.92 Å². The van der Waals surface area contributed by atoms with Crippen molar-refractivity contribution in [2.45, 2.75) is 6.92 Å². The number of nitrogens with one attached hydrogen (secondary N) is 2. The lowest BCUT2D eigenvalue weighted by Gasteiger charge is -2.13. The number of rotatable bonds is 3. The molecule has 29 heavy (non-hydrogen) atoms. The quantitative estimate of drug-likeness (QED) is 0.391. The van der Waals surface area contributed by atoms with Crippen LogP contribution in [0.25, 0.3) is 15.5 Å². The molecule has 0 spiro atoms. The number of nitrogens with zero attached hydrogens (tertiary/aromatic N) is 4. The first-order valence-electron chi connectivity index (χ1n) is 8.28. The second-order valence-corrected chi connectivity index (χ2v) is 8.61. The summed E-state index contributed by atoms with van der Waals surface area (Å²) >= 11 is 16.2. The van der Waals surface area contributed by atoms with Crippen molar-refractivity contribution in [3.05, 3.63) is 63.3 Å². The molecular formula is C18H12BrClN6OS2. The molecule has 0 saturated carbocycles. The smallest absolute Gasteiger partial charge is 0.258 e. The molecule has 0 bridgehead atoms. The fourth-order valence-corrected chi connectivity index (χ4v) is 4.29. The molecule has 0 unspecified atom stereocenters. The Morgan fingerprint density at radius 1 is 1.24 bits per heavy atom. The van der Waals surface area contributed by atoms with Gasteiger partial charge in [0.25, 0.3) is 5.91 Å². The third-order valence-corrected chi connectivity index (χ3v) is 5.91. The van der Waals surface area contributed by atoms with Crippen molar-refractivity contribution >= 4 is 72.8 Å². The van der Waals surface area contributed by atoms with Crippen LogP contribution in [-0.4, -0.2) is 30.8 Å². The van der Waals surface area contributed by atoms with E-state index >= 15 is 0 Å². The minimum Gasteiger partial charge on any atom is -0.332 e. The molecule has 0 aliphatic carbocycles. The third kappa shape index (κ3) is 4.15. The summed E-state index contributed by atoms with van der Waals surface area (Å²) in [4.78, 5) is 13.2. The predicted octanol–water partition coefficient (Wildman–Crippen LogP) is 4.70. The van der Waals surface area contributed by atoms with Crippen LogP contribution < -0.4 is 10.6 Å². The van der Waals surface area contributed by atoms with Crippen LogP contribution in [0.2, 0.25) is 5.02 Å². The van der Waals surface area contributed by atoms with Crippen LogP contribution in [0.5, 0.6) is 0 Å². The summed E-state index contributed by atoms with van der Waals surface area (Å²) in [7, 11) is 0. The van der Waals surface area contributed by atoms with Gasteiger partial charge >= 0.3 is 0 Å². The van der Waals surface area contributed by atoms with Gasteiger partial charge in [-0.3, -0.25) is 10.1 Å². The number of para-hydroxylation sites is 1. The number of benzene rings is 2. The number of carbonyl (C=O) groups excluding carboxylic acids is 1. The number of hydrogen-bond acceptors (Lipinski definition) is 6. The molecule has 2 aromatic heterocycles. The van der Waals surface area contributed by atoms with Crippen LogP contribution in [0.15, 0.2) is 46.9 Å². The second kappa shape index (κ2) is 8.15. The van der Waals surface area contributed by atoms with E-state index in [0.29, 0.717) is 27.1 Å². The van der Waals surface area contributed by atoms with Crippen molar-refractivity contribution in [2.24, 2.45) is 0 Å². The Morgan fingerprint density at radius 2 is 2.03 bits per heavy atom. The van der Waals surface area contributed by atoms with Gasteiger partial charge in [0, 0.05) is 10.0 Å². The monoisotopic (exact) mass is 506 g/mol. The first-order chi connectivity index (χ1) is 13.9. The summed E-state index contributed by atoms with van der Waals surface area (Å²) in [6, 6.07) is 12.6. The van der Waals surface area contributed by atoms with Crippen molar-refractivity contribution in [3.8, 4) is 10.6 Å². The lowest BCUT2D eigenvalue weighted by molar-refractivity contribution is 0.0978. The maximum atomic E-state index is 12.5. The molecule has 2 heterocycles. The van der Waals surface area contributed by atoms with E-state index in [2.05, 4.69) is 41.9 Å². The Hall–Kier alpha value is -2.40. The van der Waals surface area contributed by atoms with Gasteiger partial charge in [-0.25, -0.2) is 0 Å². The van der Waals surface area contributed by atoms with Gasteiger partial charge in [-0.2, -0.15) is 9.61 Å². The number of halogens is 2. The molecule has 0 saturated heterocycles. The van der Waals surface area contributed by atoms with E-state index in [1.165, 1.54) is 11.3 Å². The molecule has 0 fully saturated rings. The highest BCUT2D eigenvalue weighted by atomic mass is 79.9. The Kier molecular flexibility index (Phi) is 5.59. The fourth-order valence-electron chi connectivity index (χ4n) is 2.60. The highest BCUT2D eigenvalue weighted by Crippen LogP contribution is 2.31. The highest BCUT2D eigenvalue weighted by Gasteiger charge is 2.16. The van der Waals surface area contributed by atoms with Gasteiger partial charge in [0.2, 0.25) is 4.96 Å². The third-order valence-electron chi connectivity index (χ3n) is 3.95. The van der Waals surface area contributed by atoms with E-state index in [0.717, 1.165) is 15.0 Å². The zero-order chi connectivity index (χ0) is 20.5. The summed E-state index contributed by atoms with van der Waals surface area (Å²) in [6.45, 7) is 1.84. The minimum absolute atomic E-state index is 0.151. The van der Waals surface area contributed by atoms with Gasteiger partial charge in [-0.1, -0.05) is 51.0 Å². The molecule has 0 atom stereocenters. The molecule has 0 aliphatic heterocycles. The lowest BCUT2D eigenvalue weighted by Crippen LogP contribution is -2.34. The molecule has 2 aromatic carbocycles. The standard InChI is InChI=1S/C18H12BrClN6OS2/c1-9-23-24-18-26(9)25-16(29-18)11-4-2-3-5-14(11)21-17(28)22-15(27)12-8-10(19)6-7-13(12)20/h2-8H,1H3,(H2,21,22,27,28). The highest BCUT2D eigenvalue weighted by molar-refractivity contribution is 9.10. The first-order valence-corrected chi connectivity index (χ1v) is 10.7. The number of aromatic nitrogens is 4. The van der Waals surface area contributed by atoms with Gasteiger partial charge in [0.1, 0.15) is 5.01 Å². The zero-order valence-electron chi connectivity index (χ0n) is 14.8. The number of fused-ring (bicyclic) bond motifs is 1. The van der Waals surface area contributed by atoms with Crippen LogP contribution in [0.3, 0.4) is 0 Å². The molecule has 4 rings (SSSR count). The van der Waals surface area contributed by atoms with Crippen molar-refractivity contribution in [3.63, 3.8) is 0 Å². The maximum absolute atomic E-state index is 12.5. The van der Waals surface area contributed by atoms with Crippen molar-refractivity contribution in [1.29, 1.82) is 0 Å². The number of thiocarbonyl (C=S) groups is 1. The van der Waals surface area contributed by atoms with Gasteiger partial charge in [-0.05, 0) is 49.5 Å². The van der Waals surface area contributed by atoms with Gasteiger partial charge in [0.05, 0.1) is 16.3 Å². The number of anilines is 1. The number of hydrogen-bond donors (Lipinski definition) is 2. The predicted molar refractivity (Wildman–Crippen MR) is 122 cm³/mol. The Morgan fingerprint density at radius 3 is 2.83 bits per heavy atom. The average Bonchev–Trinajstić information content (AvgIpc) is 3.26. The summed E-state index contributed by atoms with van der Waals surface area (Å²) < 4.78 is 2.43. The number of amides is 1. The largest absolute Gasteiger partial charge is 0.332 e. The number of carbonyl (C=O) groups is 1. The van der Waals surface area contributed by atoms with Crippen LogP contribution in [0.1, 0.15) is 16.2 Å². The molecule has 0 radical (unpaired) electrons. The molecule has 2 N–H and O–H groups in total. The average molecular weight is 508 g/mol. The summed E-state index contributed by atoms with van der Waals surface area (Å²) in [5.41, 5.74) is 1.86. The van der Waals surface area contributed by atoms with Crippen LogP contribution >= 0.6 is 51.1 Å². The summed E-state index contributed by atoms with van der Waals surface area (Å²) in [5.74, 6) is 0.308. The molecule has 0 aliphatic rings. The summed E-state index contributed by atoms with van der Waals surface area (Å²) in [6.07, 6.45) is 0. The van der Waals surface area contributed by atoms with Gasteiger partial charge < -0.3 is 5.32 Å². The Balaban J connectivity index is 1.56. The topological polar surface area (TPSA) is 84.2 Å². The van der Waals surface area contributed by atoms with Crippen LogP contribution in [0.4, 0.5) is 5.69 Å². The van der Waals surface area contributed by atoms with E-state index in [1.807, 2.05) is 31.2 Å². The molecule has 146 valence electrons. The van der Waals surface area contributed by atoms with E-state index in [9.17, 15) is 4.79 Å².